The van der Waals surface area contributed by atoms with Crippen molar-refractivity contribution < 1.29 is 4.79 Å². The molecule has 7 heteroatoms. The van der Waals surface area contributed by atoms with E-state index in [1.807, 2.05) is 48.2 Å². The Labute approximate surface area is 203 Å². The van der Waals surface area contributed by atoms with Crippen LogP contribution in [0.2, 0.25) is 0 Å². The maximum atomic E-state index is 13.2. The van der Waals surface area contributed by atoms with Crippen LogP contribution in [0.5, 0.6) is 0 Å². The molecule has 0 atom stereocenters. The Hall–Kier alpha value is -3.32. The molecule has 1 aliphatic heterocycles. The first-order valence-corrected chi connectivity index (χ1v) is 12.7. The molecule has 0 bridgehead atoms. The average molecular weight is 473 g/mol. The van der Waals surface area contributed by atoms with Gasteiger partial charge < -0.3 is 9.80 Å². The highest BCUT2D eigenvalue weighted by atomic mass is 32.2. The second kappa shape index (κ2) is 9.50. The van der Waals surface area contributed by atoms with E-state index in [0.29, 0.717) is 35.7 Å². The Morgan fingerprint density at radius 1 is 0.971 bits per heavy atom. The van der Waals surface area contributed by atoms with Crippen molar-refractivity contribution in [3.63, 3.8) is 0 Å². The van der Waals surface area contributed by atoms with Gasteiger partial charge in [-0.1, -0.05) is 48.2 Å². The van der Waals surface area contributed by atoms with Gasteiger partial charge in [0.1, 0.15) is 0 Å². The minimum atomic E-state index is -0.0556. The number of hydrogen-bond acceptors (Lipinski definition) is 5. The van der Waals surface area contributed by atoms with Crippen LogP contribution in [0.25, 0.3) is 21.7 Å². The van der Waals surface area contributed by atoms with E-state index in [4.69, 9.17) is 4.98 Å². The lowest BCUT2D eigenvalue weighted by Gasteiger charge is -2.36. The number of amides is 1. The minimum Gasteiger partial charge on any atom is -0.368 e. The highest BCUT2D eigenvalue weighted by Crippen LogP contribution is 2.24. The predicted molar refractivity (Wildman–Crippen MR) is 140 cm³/mol. The van der Waals surface area contributed by atoms with Crippen LogP contribution in [-0.4, -0.2) is 52.3 Å². The maximum absolute atomic E-state index is 13.2. The van der Waals surface area contributed by atoms with Crippen LogP contribution < -0.4 is 10.5 Å². The molecule has 6 nitrogen and oxygen atoms in total. The first-order valence-electron chi connectivity index (χ1n) is 11.7. The second-order valence-corrected chi connectivity index (χ2v) is 9.60. The molecular formula is C27H28N4O2S. The number of thioether (sulfide) groups is 1. The van der Waals surface area contributed by atoms with Crippen molar-refractivity contribution in [3.05, 3.63) is 76.6 Å². The summed E-state index contributed by atoms with van der Waals surface area (Å²) in [4.78, 5) is 35.2. The molecule has 5 rings (SSSR count). The highest BCUT2D eigenvalue weighted by Gasteiger charge is 2.22. The largest absolute Gasteiger partial charge is 0.368 e. The molecule has 174 valence electrons. The van der Waals surface area contributed by atoms with Gasteiger partial charge in [-0.15, -0.1) is 0 Å². The Morgan fingerprint density at radius 3 is 2.41 bits per heavy atom. The minimum absolute atomic E-state index is 0.0556. The fourth-order valence-corrected chi connectivity index (χ4v) is 5.50. The van der Waals surface area contributed by atoms with E-state index >= 15 is 0 Å². The van der Waals surface area contributed by atoms with E-state index in [1.165, 1.54) is 23.0 Å². The van der Waals surface area contributed by atoms with Gasteiger partial charge in [-0.25, -0.2) is 4.98 Å². The van der Waals surface area contributed by atoms with Gasteiger partial charge >= 0.3 is 0 Å². The molecule has 0 saturated carbocycles. The first-order chi connectivity index (χ1) is 16.5. The third-order valence-electron chi connectivity index (χ3n) is 6.43. The number of hydrogen-bond donors (Lipinski definition) is 0. The van der Waals surface area contributed by atoms with Crippen LogP contribution in [0.3, 0.4) is 0 Å². The number of anilines is 1. The molecule has 0 spiro atoms. The smallest absolute Gasteiger partial charge is 0.262 e. The van der Waals surface area contributed by atoms with Gasteiger partial charge in [-0.05, 0) is 54.4 Å². The lowest BCUT2D eigenvalue weighted by molar-refractivity contribution is -0.128. The van der Waals surface area contributed by atoms with Gasteiger partial charge in [-0.2, -0.15) is 0 Å². The summed E-state index contributed by atoms with van der Waals surface area (Å²) in [5.41, 5.74) is 3.07. The van der Waals surface area contributed by atoms with Crippen LogP contribution in [0.15, 0.2) is 70.6 Å². The Balaban J connectivity index is 1.30. The van der Waals surface area contributed by atoms with Crippen molar-refractivity contribution in [2.45, 2.75) is 25.5 Å². The number of piperazine rings is 1. The lowest BCUT2D eigenvalue weighted by Crippen LogP contribution is -2.49. The zero-order valence-corrected chi connectivity index (χ0v) is 20.3. The number of rotatable bonds is 5. The van der Waals surface area contributed by atoms with Crippen molar-refractivity contribution >= 4 is 45.0 Å². The third-order valence-corrected chi connectivity index (χ3v) is 7.39. The van der Waals surface area contributed by atoms with Crippen molar-refractivity contribution in [1.29, 1.82) is 0 Å². The van der Waals surface area contributed by atoms with E-state index in [9.17, 15) is 9.59 Å². The fraction of sp³-hybridized carbons (Fsp3) is 0.296. The van der Waals surface area contributed by atoms with Crippen molar-refractivity contribution in [2.75, 3.05) is 36.8 Å². The van der Waals surface area contributed by atoms with Gasteiger partial charge in [0.05, 0.1) is 16.7 Å². The summed E-state index contributed by atoms with van der Waals surface area (Å²) in [6.45, 7) is 7.59. The SMILES string of the molecule is CCn1c(SCC(=O)N2CCN(c3cccc(C)c3)CC2)nc2cc3ccccc3cc2c1=O. The van der Waals surface area contributed by atoms with Crippen molar-refractivity contribution in [2.24, 2.45) is 0 Å². The molecule has 2 heterocycles. The summed E-state index contributed by atoms with van der Waals surface area (Å²) in [6.07, 6.45) is 0. The standard InChI is InChI=1S/C27H28N4O2S/c1-3-31-26(33)23-16-20-8-4-5-9-21(20)17-24(23)28-27(31)34-18-25(32)30-13-11-29(12-14-30)22-10-6-7-19(2)15-22/h4-10,15-17H,3,11-14,18H2,1-2H3. The molecule has 1 aromatic heterocycles. The maximum Gasteiger partial charge on any atom is 0.262 e. The summed E-state index contributed by atoms with van der Waals surface area (Å²) in [5, 5.41) is 3.29. The van der Waals surface area contributed by atoms with Gasteiger partial charge in [0.2, 0.25) is 5.91 Å². The highest BCUT2D eigenvalue weighted by molar-refractivity contribution is 7.99. The van der Waals surface area contributed by atoms with Gasteiger partial charge in [0.15, 0.2) is 5.16 Å². The van der Waals surface area contributed by atoms with E-state index in [2.05, 4.69) is 36.1 Å². The Bertz CT molecular complexity index is 1420. The molecule has 1 fully saturated rings. The number of nitrogens with zero attached hydrogens (tertiary/aromatic N) is 4. The van der Waals surface area contributed by atoms with Crippen molar-refractivity contribution in [1.82, 2.24) is 14.5 Å². The normalized spacial score (nSPS) is 14.2. The predicted octanol–water partition coefficient (Wildman–Crippen LogP) is 4.32. The summed E-state index contributed by atoms with van der Waals surface area (Å²) >= 11 is 1.35. The van der Waals surface area contributed by atoms with Crippen LogP contribution >= 0.6 is 11.8 Å². The van der Waals surface area contributed by atoms with E-state index in [1.54, 1.807) is 4.57 Å². The molecule has 0 aliphatic carbocycles. The molecule has 1 saturated heterocycles. The summed E-state index contributed by atoms with van der Waals surface area (Å²) in [6, 6.07) is 20.3. The monoisotopic (exact) mass is 472 g/mol. The average Bonchev–Trinajstić information content (AvgIpc) is 2.86. The molecular weight excluding hydrogens is 444 g/mol. The van der Waals surface area contributed by atoms with E-state index in [0.717, 1.165) is 23.9 Å². The van der Waals surface area contributed by atoms with Crippen molar-refractivity contribution in [3.8, 4) is 0 Å². The molecule has 3 aromatic carbocycles. The van der Waals surface area contributed by atoms with E-state index in [-0.39, 0.29) is 17.2 Å². The Kier molecular flexibility index (Phi) is 6.28. The summed E-state index contributed by atoms with van der Waals surface area (Å²) in [5.74, 6) is 0.361. The first kappa shape index (κ1) is 22.5. The van der Waals surface area contributed by atoms with Crippen LogP contribution in [0, 0.1) is 6.92 Å². The zero-order valence-electron chi connectivity index (χ0n) is 19.5. The van der Waals surface area contributed by atoms with Crippen LogP contribution in [0.1, 0.15) is 12.5 Å². The van der Waals surface area contributed by atoms with Crippen LogP contribution in [0.4, 0.5) is 5.69 Å². The quantitative estimate of drug-likeness (QED) is 0.246. The van der Waals surface area contributed by atoms with E-state index < -0.39 is 0 Å². The zero-order chi connectivity index (χ0) is 23.7. The molecule has 1 aliphatic rings. The molecule has 0 unspecified atom stereocenters. The number of fused-ring (bicyclic) bond motifs is 2. The van der Waals surface area contributed by atoms with Gasteiger partial charge in [0, 0.05) is 38.4 Å². The summed E-state index contributed by atoms with van der Waals surface area (Å²) in [7, 11) is 0. The topological polar surface area (TPSA) is 58.4 Å². The van der Waals surface area contributed by atoms with Gasteiger partial charge in [-0.3, -0.25) is 14.2 Å². The second-order valence-electron chi connectivity index (χ2n) is 8.66. The molecule has 0 N–H and O–H groups in total. The molecule has 4 aromatic rings. The van der Waals surface area contributed by atoms with Gasteiger partial charge in [0.25, 0.3) is 5.56 Å². The number of carbonyl (C=O) groups excluding carboxylic acids is 1. The number of aromatic nitrogens is 2. The summed E-state index contributed by atoms with van der Waals surface area (Å²) < 4.78 is 1.67. The fourth-order valence-electron chi connectivity index (χ4n) is 4.53. The molecule has 1 amide bonds. The van der Waals surface area contributed by atoms with Crippen LogP contribution in [-0.2, 0) is 11.3 Å². The number of benzene rings is 3. The molecule has 0 radical (unpaired) electrons. The number of carbonyl (C=O) groups is 1. The molecule has 34 heavy (non-hydrogen) atoms. The lowest BCUT2D eigenvalue weighted by atomic mass is 10.1. The third kappa shape index (κ3) is 4.40. The Morgan fingerprint density at radius 2 is 1.71 bits per heavy atom. The number of aryl methyl sites for hydroxylation is 1.